The van der Waals surface area contributed by atoms with Crippen molar-refractivity contribution in [2.75, 3.05) is 12.3 Å². The van der Waals surface area contributed by atoms with Crippen molar-refractivity contribution in [3.8, 4) is 0 Å². The standard InChI is InChI=1S/C16H25NS/c1-12(2)17-10-13(3)11-18-16-8-7-14-5-4-6-15(14)9-16/h7-9,12-13,17H,4-6,10-11H2,1-3H3. The van der Waals surface area contributed by atoms with Gasteiger partial charge in [0.05, 0.1) is 0 Å². The molecule has 0 saturated heterocycles. The summed E-state index contributed by atoms with van der Waals surface area (Å²) in [7, 11) is 0. The number of benzene rings is 1. The van der Waals surface area contributed by atoms with Crippen molar-refractivity contribution in [3.63, 3.8) is 0 Å². The summed E-state index contributed by atoms with van der Waals surface area (Å²) in [6, 6.07) is 7.65. The van der Waals surface area contributed by atoms with Crippen LogP contribution in [0.1, 0.15) is 38.3 Å². The molecule has 1 aromatic rings. The second kappa shape index (κ2) is 6.63. The van der Waals surface area contributed by atoms with Crippen molar-refractivity contribution in [1.29, 1.82) is 0 Å². The van der Waals surface area contributed by atoms with E-state index in [0.29, 0.717) is 6.04 Å². The highest BCUT2D eigenvalue weighted by molar-refractivity contribution is 7.99. The van der Waals surface area contributed by atoms with Crippen LogP contribution in [0.2, 0.25) is 0 Å². The van der Waals surface area contributed by atoms with Crippen LogP contribution in [0.25, 0.3) is 0 Å². The lowest BCUT2D eigenvalue weighted by Crippen LogP contribution is -2.28. The molecule has 1 atom stereocenters. The molecule has 1 nitrogen and oxygen atoms in total. The zero-order valence-corrected chi connectivity index (χ0v) is 12.6. The molecule has 1 N–H and O–H groups in total. The van der Waals surface area contributed by atoms with Gasteiger partial charge in [-0.2, -0.15) is 0 Å². The van der Waals surface area contributed by atoms with E-state index in [2.05, 4.69) is 44.3 Å². The third-order valence-electron chi connectivity index (χ3n) is 3.48. The quantitative estimate of drug-likeness (QED) is 0.781. The molecular weight excluding hydrogens is 238 g/mol. The van der Waals surface area contributed by atoms with Crippen LogP contribution >= 0.6 is 11.8 Å². The van der Waals surface area contributed by atoms with E-state index in [1.807, 2.05) is 11.8 Å². The molecule has 18 heavy (non-hydrogen) atoms. The number of aryl methyl sites for hydroxylation is 2. The van der Waals surface area contributed by atoms with Gasteiger partial charge >= 0.3 is 0 Å². The van der Waals surface area contributed by atoms with E-state index in [-0.39, 0.29) is 0 Å². The van der Waals surface area contributed by atoms with Crippen molar-refractivity contribution in [2.45, 2.75) is 51.0 Å². The van der Waals surface area contributed by atoms with E-state index < -0.39 is 0 Å². The van der Waals surface area contributed by atoms with Gasteiger partial charge in [0.2, 0.25) is 0 Å². The summed E-state index contributed by atoms with van der Waals surface area (Å²) in [5.41, 5.74) is 3.17. The Kier molecular flexibility index (Phi) is 5.13. The first-order chi connectivity index (χ1) is 8.65. The summed E-state index contributed by atoms with van der Waals surface area (Å²) >= 11 is 2.01. The maximum atomic E-state index is 3.51. The second-order valence-electron chi connectivity index (χ2n) is 5.76. The van der Waals surface area contributed by atoms with Gasteiger partial charge in [-0.3, -0.25) is 0 Å². The van der Waals surface area contributed by atoms with Gasteiger partial charge in [0.25, 0.3) is 0 Å². The molecule has 0 spiro atoms. The molecule has 1 unspecified atom stereocenters. The minimum atomic E-state index is 0.595. The van der Waals surface area contributed by atoms with E-state index >= 15 is 0 Å². The number of thioether (sulfide) groups is 1. The van der Waals surface area contributed by atoms with Crippen molar-refractivity contribution in [1.82, 2.24) is 5.32 Å². The third-order valence-corrected chi connectivity index (χ3v) is 4.80. The van der Waals surface area contributed by atoms with Gasteiger partial charge in [0.1, 0.15) is 0 Å². The highest BCUT2D eigenvalue weighted by atomic mass is 32.2. The van der Waals surface area contributed by atoms with Crippen LogP contribution in [-0.2, 0) is 12.8 Å². The monoisotopic (exact) mass is 263 g/mol. The third kappa shape index (κ3) is 4.03. The van der Waals surface area contributed by atoms with Crippen LogP contribution in [0.5, 0.6) is 0 Å². The van der Waals surface area contributed by atoms with Gasteiger partial charge in [-0.05, 0) is 55.0 Å². The van der Waals surface area contributed by atoms with E-state index in [4.69, 9.17) is 0 Å². The highest BCUT2D eigenvalue weighted by Gasteiger charge is 2.11. The fourth-order valence-electron chi connectivity index (χ4n) is 2.37. The maximum Gasteiger partial charge on any atom is 0.00749 e. The molecule has 0 radical (unpaired) electrons. The summed E-state index contributed by atoms with van der Waals surface area (Å²) < 4.78 is 0. The van der Waals surface area contributed by atoms with E-state index in [0.717, 1.165) is 12.5 Å². The average molecular weight is 263 g/mol. The Bertz CT molecular complexity index is 387. The molecule has 2 heteroatoms. The largest absolute Gasteiger partial charge is 0.314 e. The molecule has 0 aliphatic heterocycles. The summed E-state index contributed by atoms with van der Waals surface area (Å²) in [6.07, 6.45) is 3.92. The minimum Gasteiger partial charge on any atom is -0.314 e. The van der Waals surface area contributed by atoms with Gasteiger partial charge in [-0.15, -0.1) is 11.8 Å². The first-order valence-electron chi connectivity index (χ1n) is 7.13. The van der Waals surface area contributed by atoms with E-state index in [9.17, 15) is 0 Å². The first kappa shape index (κ1) is 14.0. The summed E-state index contributed by atoms with van der Waals surface area (Å²) in [4.78, 5) is 1.45. The molecule has 0 saturated carbocycles. The Morgan fingerprint density at radius 2 is 1.94 bits per heavy atom. The normalized spacial score (nSPS) is 16.0. The van der Waals surface area contributed by atoms with Crippen LogP contribution in [0.4, 0.5) is 0 Å². The number of hydrogen-bond acceptors (Lipinski definition) is 2. The highest BCUT2D eigenvalue weighted by Crippen LogP contribution is 2.28. The van der Waals surface area contributed by atoms with Crippen LogP contribution in [0, 0.1) is 5.92 Å². The van der Waals surface area contributed by atoms with Crippen LogP contribution in [0.3, 0.4) is 0 Å². The Morgan fingerprint density at radius 3 is 2.72 bits per heavy atom. The van der Waals surface area contributed by atoms with E-state index in [1.165, 1.54) is 29.9 Å². The van der Waals surface area contributed by atoms with Crippen LogP contribution in [-0.4, -0.2) is 18.3 Å². The Hall–Kier alpha value is -0.470. The lowest BCUT2D eigenvalue weighted by atomic mass is 10.1. The Balaban J connectivity index is 1.79. The molecule has 0 fully saturated rings. The average Bonchev–Trinajstić information content (AvgIpc) is 2.81. The zero-order valence-electron chi connectivity index (χ0n) is 11.8. The van der Waals surface area contributed by atoms with Gasteiger partial charge in [-0.1, -0.05) is 26.8 Å². The molecule has 0 bridgehead atoms. The molecule has 100 valence electrons. The molecule has 0 amide bonds. The Labute approximate surface area is 116 Å². The molecule has 0 aromatic heterocycles. The summed E-state index contributed by atoms with van der Waals surface area (Å²) in [5.74, 6) is 1.93. The van der Waals surface area contributed by atoms with Crippen molar-refractivity contribution in [2.24, 2.45) is 5.92 Å². The molecule has 1 aliphatic carbocycles. The SMILES string of the molecule is CC(CNC(C)C)CSc1ccc2c(c1)CCC2. The van der Waals surface area contributed by atoms with Gasteiger partial charge < -0.3 is 5.32 Å². The molecule has 1 aliphatic rings. The minimum absolute atomic E-state index is 0.595. The fraction of sp³-hybridized carbons (Fsp3) is 0.625. The van der Waals surface area contributed by atoms with Crippen molar-refractivity contribution in [3.05, 3.63) is 29.3 Å². The summed E-state index contributed by atoms with van der Waals surface area (Å²) in [5, 5.41) is 3.51. The number of fused-ring (bicyclic) bond motifs is 1. The molecule has 1 aromatic carbocycles. The number of hydrogen-bond donors (Lipinski definition) is 1. The smallest absolute Gasteiger partial charge is 0.00749 e. The maximum absolute atomic E-state index is 3.51. The molecule has 0 heterocycles. The summed E-state index contributed by atoms with van der Waals surface area (Å²) in [6.45, 7) is 7.87. The van der Waals surface area contributed by atoms with Crippen molar-refractivity contribution < 1.29 is 0 Å². The topological polar surface area (TPSA) is 12.0 Å². The zero-order chi connectivity index (χ0) is 13.0. The van der Waals surface area contributed by atoms with Gasteiger partial charge in [-0.25, -0.2) is 0 Å². The lowest BCUT2D eigenvalue weighted by molar-refractivity contribution is 0.510. The second-order valence-corrected chi connectivity index (χ2v) is 6.86. The Morgan fingerprint density at radius 1 is 1.17 bits per heavy atom. The van der Waals surface area contributed by atoms with Gasteiger partial charge in [0.15, 0.2) is 0 Å². The van der Waals surface area contributed by atoms with Gasteiger partial charge in [0, 0.05) is 16.7 Å². The predicted octanol–water partition coefficient (Wildman–Crippen LogP) is 3.90. The lowest BCUT2D eigenvalue weighted by Gasteiger charge is -2.14. The molecular formula is C16H25NS. The van der Waals surface area contributed by atoms with Crippen LogP contribution in [0.15, 0.2) is 23.1 Å². The number of nitrogens with one attached hydrogen (secondary N) is 1. The van der Waals surface area contributed by atoms with E-state index in [1.54, 1.807) is 11.1 Å². The van der Waals surface area contributed by atoms with Crippen molar-refractivity contribution >= 4 is 11.8 Å². The fourth-order valence-corrected chi connectivity index (χ4v) is 3.36. The number of rotatable bonds is 6. The van der Waals surface area contributed by atoms with Crippen LogP contribution < -0.4 is 5.32 Å². The first-order valence-corrected chi connectivity index (χ1v) is 8.11. The predicted molar refractivity (Wildman–Crippen MR) is 81.5 cm³/mol. The molecule has 2 rings (SSSR count).